The van der Waals surface area contributed by atoms with E-state index >= 15 is 0 Å². The smallest absolute Gasteiger partial charge is 0.270 e. The number of hydrogen-bond acceptors (Lipinski definition) is 3. The zero-order valence-corrected chi connectivity index (χ0v) is 16.9. The third-order valence-electron chi connectivity index (χ3n) is 5.39. The van der Waals surface area contributed by atoms with Crippen LogP contribution in [0, 0.1) is 30.3 Å². The summed E-state index contributed by atoms with van der Waals surface area (Å²) >= 11 is 0. The highest BCUT2D eigenvalue weighted by Gasteiger charge is 2.32. The molecule has 0 saturated carbocycles. The molecule has 2 aromatic heterocycles. The second kappa shape index (κ2) is 7.93. The number of imidazole rings is 1. The highest BCUT2D eigenvalue weighted by molar-refractivity contribution is 5.96. The van der Waals surface area contributed by atoms with Gasteiger partial charge in [-0.3, -0.25) is 9.59 Å². The van der Waals surface area contributed by atoms with E-state index in [2.05, 4.69) is 15.3 Å². The lowest BCUT2D eigenvalue weighted by molar-refractivity contribution is -0.119. The molecule has 1 saturated heterocycles. The van der Waals surface area contributed by atoms with Crippen LogP contribution in [0.2, 0.25) is 0 Å². The standard InChI is InChI=1S/C21H20F3N5O2/c1-11-19(28(2)10-25-11)16-3-4-17(27-16)21(31)29-6-5-12(9-29)20(30)26-13-7-14(22)18(24)15(23)8-13/h3-4,7-8,10,12,27H,5-6,9H2,1-2H3,(H,26,30). The summed E-state index contributed by atoms with van der Waals surface area (Å²) in [6.07, 6.45) is 2.09. The Bertz CT molecular complexity index is 1130. The van der Waals surface area contributed by atoms with E-state index in [4.69, 9.17) is 0 Å². The number of carbonyl (C=O) groups is 2. The summed E-state index contributed by atoms with van der Waals surface area (Å²) in [5, 5.41) is 2.39. The van der Waals surface area contributed by atoms with Crippen LogP contribution in [0.15, 0.2) is 30.6 Å². The minimum absolute atomic E-state index is 0.163. The van der Waals surface area contributed by atoms with Crippen molar-refractivity contribution < 1.29 is 22.8 Å². The molecule has 2 amide bonds. The van der Waals surface area contributed by atoms with Crippen molar-refractivity contribution in [2.24, 2.45) is 13.0 Å². The maximum atomic E-state index is 13.3. The van der Waals surface area contributed by atoms with Crippen molar-refractivity contribution in [3.8, 4) is 11.4 Å². The van der Waals surface area contributed by atoms with Crippen molar-refractivity contribution >= 4 is 17.5 Å². The Morgan fingerprint density at radius 2 is 1.90 bits per heavy atom. The molecule has 2 N–H and O–H groups in total. The van der Waals surface area contributed by atoms with Crippen LogP contribution in [0.3, 0.4) is 0 Å². The van der Waals surface area contributed by atoms with Crippen LogP contribution in [0.1, 0.15) is 22.6 Å². The molecule has 3 aromatic rings. The second-order valence-electron chi connectivity index (χ2n) is 7.56. The summed E-state index contributed by atoms with van der Waals surface area (Å²) in [4.78, 5) is 34.2. The third kappa shape index (κ3) is 3.92. The van der Waals surface area contributed by atoms with E-state index in [0.717, 1.165) is 29.2 Å². The summed E-state index contributed by atoms with van der Waals surface area (Å²) < 4.78 is 41.6. The minimum Gasteiger partial charge on any atom is -0.349 e. The number of nitrogens with zero attached hydrogens (tertiary/aromatic N) is 3. The zero-order valence-electron chi connectivity index (χ0n) is 16.9. The molecule has 7 nitrogen and oxygen atoms in total. The Morgan fingerprint density at radius 3 is 2.55 bits per heavy atom. The highest BCUT2D eigenvalue weighted by Crippen LogP contribution is 2.25. The monoisotopic (exact) mass is 431 g/mol. The number of anilines is 1. The highest BCUT2D eigenvalue weighted by atomic mass is 19.2. The molecule has 0 aliphatic carbocycles. The summed E-state index contributed by atoms with van der Waals surface area (Å²) in [6, 6.07) is 4.92. The predicted molar refractivity (Wildman–Crippen MR) is 107 cm³/mol. The van der Waals surface area contributed by atoms with Gasteiger partial charge in [0.05, 0.1) is 29.3 Å². The van der Waals surface area contributed by atoms with E-state index in [1.54, 1.807) is 23.4 Å². The molecule has 0 spiro atoms. The van der Waals surface area contributed by atoms with Gasteiger partial charge in [0, 0.05) is 38.0 Å². The van der Waals surface area contributed by atoms with Crippen LogP contribution < -0.4 is 5.32 Å². The summed E-state index contributed by atoms with van der Waals surface area (Å²) in [6.45, 7) is 2.40. The van der Waals surface area contributed by atoms with Crippen LogP contribution in [0.25, 0.3) is 11.4 Å². The van der Waals surface area contributed by atoms with Crippen LogP contribution in [-0.4, -0.2) is 44.3 Å². The first-order valence-electron chi connectivity index (χ1n) is 9.66. The average Bonchev–Trinajstić information content (AvgIpc) is 3.46. The SMILES string of the molecule is Cc1ncn(C)c1-c1ccc(C(=O)N2CCC(C(=O)Nc3cc(F)c(F)c(F)c3)C2)[nH]1. The molecule has 1 aliphatic heterocycles. The lowest BCUT2D eigenvalue weighted by Crippen LogP contribution is -2.31. The maximum absolute atomic E-state index is 13.3. The van der Waals surface area contributed by atoms with Crippen molar-refractivity contribution in [1.82, 2.24) is 19.4 Å². The van der Waals surface area contributed by atoms with E-state index < -0.39 is 29.3 Å². The number of aryl methyl sites for hydroxylation is 2. The molecule has 162 valence electrons. The number of carbonyl (C=O) groups excluding carboxylic acids is 2. The second-order valence-corrected chi connectivity index (χ2v) is 7.56. The molecule has 0 bridgehead atoms. The van der Waals surface area contributed by atoms with Gasteiger partial charge in [0.15, 0.2) is 17.5 Å². The predicted octanol–water partition coefficient (Wildman–Crippen LogP) is 3.24. The fourth-order valence-corrected chi connectivity index (χ4v) is 3.79. The van der Waals surface area contributed by atoms with Crippen LogP contribution in [0.5, 0.6) is 0 Å². The number of halogens is 3. The van der Waals surface area contributed by atoms with Crippen molar-refractivity contribution in [2.45, 2.75) is 13.3 Å². The fourth-order valence-electron chi connectivity index (χ4n) is 3.79. The first-order valence-corrected chi connectivity index (χ1v) is 9.66. The topological polar surface area (TPSA) is 83.0 Å². The molecule has 10 heteroatoms. The number of hydrogen-bond donors (Lipinski definition) is 2. The normalized spacial score (nSPS) is 16.0. The van der Waals surface area contributed by atoms with E-state index in [1.807, 2.05) is 18.5 Å². The molecule has 1 atom stereocenters. The molecule has 4 rings (SSSR count). The Morgan fingerprint density at radius 1 is 1.19 bits per heavy atom. The quantitative estimate of drug-likeness (QED) is 0.623. The fraction of sp³-hybridized carbons (Fsp3) is 0.286. The Labute approximate surface area is 175 Å². The Kier molecular flexibility index (Phi) is 5.30. The van der Waals surface area contributed by atoms with Crippen molar-refractivity contribution in [3.05, 3.63) is 59.4 Å². The number of rotatable bonds is 4. The van der Waals surface area contributed by atoms with E-state index in [1.165, 1.54) is 0 Å². The van der Waals surface area contributed by atoms with E-state index in [0.29, 0.717) is 18.7 Å². The number of nitrogens with one attached hydrogen (secondary N) is 2. The van der Waals surface area contributed by atoms with Gasteiger partial charge in [0.2, 0.25) is 5.91 Å². The lowest BCUT2D eigenvalue weighted by Gasteiger charge is -2.16. The van der Waals surface area contributed by atoms with Gasteiger partial charge >= 0.3 is 0 Å². The number of benzene rings is 1. The first-order chi connectivity index (χ1) is 14.7. The van der Waals surface area contributed by atoms with Crippen molar-refractivity contribution in [2.75, 3.05) is 18.4 Å². The molecular weight excluding hydrogens is 411 g/mol. The first kappa shape index (κ1) is 20.7. The average molecular weight is 431 g/mol. The number of aromatic amines is 1. The maximum Gasteiger partial charge on any atom is 0.270 e. The molecule has 3 heterocycles. The number of likely N-dealkylation sites (tertiary alicyclic amines) is 1. The molecule has 1 unspecified atom stereocenters. The lowest BCUT2D eigenvalue weighted by atomic mass is 10.1. The summed E-state index contributed by atoms with van der Waals surface area (Å²) in [5.41, 5.74) is 2.67. The number of amides is 2. The molecular formula is C21H20F3N5O2. The molecule has 1 aliphatic rings. The number of H-pyrrole nitrogens is 1. The molecule has 31 heavy (non-hydrogen) atoms. The number of aromatic nitrogens is 3. The summed E-state index contributed by atoms with van der Waals surface area (Å²) in [7, 11) is 1.86. The third-order valence-corrected chi connectivity index (χ3v) is 5.39. The minimum atomic E-state index is -1.60. The zero-order chi connectivity index (χ0) is 22.3. The summed E-state index contributed by atoms with van der Waals surface area (Å²) in [5.74, 6) is -5.65. The van der Waals surface area contributed by atoms with E-state index in [9.17, 15) is 22.8 Å². The van der Waals surface area contributed by atoms with Crippen LogP contribution in [0.4, 0.5) is 18.9 Å². The van der Waals surface area contributed by atoms with Crippen LogP contribution >= 0.6 is 0 Å². The van der Waals surface area contributed by atoms with Crippen LogP contribution in [-0.2, 0) is 11.8 Å². The van der Waals surface area contributed by atoms with Crippen molar-refractivity contribution in [3.63, 3.8) is 0 Å². The molecule has 1 fully saturated rings. The van der Waals surface area contributed by atoms with Gasteiger partial charge in [0.1, 0.15) is 5.69 Å². The molecule has 1 aromatic carbocycles. The van der Waals surface area contributed by atoms with Gasteiger partial charge in [-0.15, -0.1) is 0 Å². The van der Waals surface area contributed by atoms with Gasteiger partial charge in [-0.25, -0.2) is 18.2 Å². The van der Waals surface area contributed by atoms with Gasteiger partial charge in [-0.05, 0) is 25.5 Å². The van der Waals surface area contributed by atoms with Gasteiger partial charge in [-0.2, -0.15) is 0 Å². The van der Waals surface area contributed by atoms with Gasteiger partial charge in [0.25, 0.3) is 5.91 Å². The van der Waals surface area contributed by atoms with Gasteiger partial charge < -0.3 is 19.8 Å². The largest absolute Gasteiger partial charge is 0.349 e. The Balaban J connectivity index is 1.42. The Hall–Kier alpha value is -3.56. The van der Waals surface area contributed by atoms with E-state index in [-0.39, 0.29) is 18.1 Å². The van der Waals surface area contributed by atoms with Gasteiger partial charge in [-0.1, -0.05) is 0 Å². The van der Waals surface area contributed by atoms with Crippen molar-refractivity contribution in [1.29, 1.82) is 0 Å². The molecule has 0 radical (unpaired) electrons.